The Morgan fingerprint density at radius 3 is 2.56 bits per heavy atom. The van der Waals surface area contributed by atoms with E-state index in [1.807, 2.05) is 13.8 Å². The molecule has 0 saturated carbocycles. The molecule has 8 nitrogen and oxygen atoms in total. The van der Waals surface area contributed by atoms with Crippen molar-refractivity contribution < 1.29 is 22.7 Å². The van der Waals surface area contributed by atoms with Gasteiger partial charge < -0.3 is 10.1 Å². The molecule has 0 bridgehead atoms. The van der Waals surface area contributed by atoms with Crippen molar-refractivity contribution in [2.45, 2.75) is 24.8 Å². The van der Waals surface area contributed by atoms with E-state index in [4.69, 9.17) is 4.74 Å². The van der Waals surface area contributed by atoms with Crippen molar-refractivity contribution in [3.63, 3.8) is 0 Å². The topological polar surface area (TPSA) is 107 Å². The lowest BCUT2D eigenvalue weighted by atomic mass is 10.2. The van der Waals surface area contributed by atoms with Gasteiger partial charge in [0.05, 0.1) is 16.7 Å². The third-order valence-corrected chi connectivity index (χ3v) is 4.42. The van der Waals surface area contributed by atoms with Gasteiger partial charge >= 0.3 is 5.97 Å². The molecule has 1 aromatic carbocycles. The smallest absolute Gasteiger partial charge is 0.339 e. The molecular formula is C16H19N3O5S. The van der Waals surface area contributed by atoms with Gasteiger partial charge in [0, 0.05) is 18.4 Å². The highest BCUT2D eigenvalue weighted by atomic mass is 32.2. The van der Waals surface area contributed by atoms with Crippen LogP contribution >= 0.6 is 0 Å². The van der Waals surface area contributed by atoms with Crippen LogP contribution in [0.5, 0.6) is 0 Å². The Hall–Kier alpha value is -2.68. The zero-order chi connectivity index (χ0) is 18.6. The lowest BCUT2D eigenvalue weighted by molar-refractivity contribution is -0.119. The van der Waals surface area contributed by atoms with Gasteiger partial charge in [-0.15, -0.1) is 0 Å². The Bertz CT molecular complexity index is 887. The molecule has 0 aliphatic heterocycles. The fourth-order valence-corrected chi connectivity index (χ4v) is 3.05. The van der Waals surface area contributed by atoms with Crippen LogP contribution in [0.15, 0.2) is 41.4 Å². The molecule has 0 radical (unpaired) electrons. The third-order valence-electron chi connectivity index (χ3n) is 3.27. The number of carbonyl (C=O) groups excluding carboxylic acids is 2. The second-order valence-electron chi connectivity index (χ2n) is 5.65. The summed E-state index contributed by atoms with van der Waals surface area (Å²) >= 11 is 0. The van der Waals surface area contributed by atoms with Crippen molar-refractivity contribution in [3.05, 3.63) is 42.1 Å². The van der Waals surface area contributed by atoms with E-state index in [-0.39, 0.29) is 16.5 Å². The number of benzene rings is 1. The number of sulfone groups is 1. The molecule has 0 atom stereocenters. The van der Waals surface area contributed by atoms with Crippen molar-refractivity contribution in [3.8, 4) is 0 Å². The van der Waals surface area contributed by atoms with Crippen LogP contribution in [0.1, 0.15) is 30.2 Å². The summed E-state index contributed by atoms with van der Waals surface area (Å²) < 4.78 is 30.0. The molecule has 25 heavy (non-hydrogen) atoms. The van der Waals surface area contributed by atoms with Crippen molar-refractivity contribution in [1.29, 1.82) is 0 Å². The molecule has 9 heteroatoms. The molecule has 1 heterocycles. The van der Waals surface area contributed by atoms with Crippen LogP contribution in [0.2, 0.25) is 0 Å². The number of rotatable bonds is 6. The lowest BCUT2D eigenvalue weighted by Gasteiger charge is -2.12. The van der Waals surface area contributed by atoms with Crippen LogP contribution in [-0.2, 0) is 19.4 Å². The lowest BCUT2D eigenvalue weighted by Crippen LogP contribution is -2.23. The summed E-state index contributed by atoms with van der Waals surface area (Å²) in [6, 6.07) is 7.35. The van der Waals surface area contributed by atoms with Crippen LogP contribution in [0.25, 0.3) is 0 Å². The van der Waals surface area contributed by atoms with Crippen LogP contribution in [0, 0.1) is 0 Å². The zero-order valence-corrected chi connectivity index (χ0v) is 14.9. The molecule has 0 saturated heterocycles. The number of esters is 1. The molecule has 2 aromatic rings. The maximum Gasteiger partial charge on any atom is 0.339 e. The monoisotopic (exact) mass is 365 g/mol. The van der Waals surface area contributed by atoms with E-state index in [9.17, 15) is 18.0 Å². The molecule has 2 rings (SSSR count). The fourth-order valence-electron chi connectivity index (χ4n) is 2.17. The third kappa shape index (κ3) is 4.66. The minimum absolute atomic E-state index is 0.0505. The molecule has 0 aliphatic rings. The Labute approximate surface area is 145 Å². The number of hydrogen-bond acceptors (Lipinski definition) is 6. The highest BCUT2D eigenvalue weighted by molar-refractivity contribution is 7.90. The number of amides is 1. The standard InChI is InChI=1S/C16H19N3O5S/c1-11(2)19-14(8-9-17-19)18-15(20)10-24-16(21)12-6-4-5-7-13(12)25(3,22)23/h4-9,11H,10H2,1-3H3,(H,18,20). The molecule has 0 unspecified atom stereocenters. The maximum atomic E-state index is 12.1. The number of nitrogens with one attached hydrogen (secondary N) is 1. The largest absolute Gasteiger partial charge is 0.452 e. The fraction of sp³-hybridized carbons (Fsp3) is 0.312. The average Bonchev–Trinajstić information content (AvgIpc) is 3.00. The van der Waals surface area contributed by atoms with Gasteiger partial charge in [-0.1, -0.05) is 12.1 Å². The summed E-state index contributed by atoms with van der Waals surface area (Å²) in [6.45, 7) is 3.27. The molecular weight excluding hydrogens is 346 g/mol. The van der Waals surface area contributed by atoms with Gasteiger partial charge in [0.1, 0.15) is 5.82 Å². The van der Waals surface area contributed by atoms with Gasteiger partial charge in [-0.2, -0.15) is 5.10 Å². The molecule has 0 fully saturated rings. The highest BCUT2D eigenvalue weighted by Crippen LogP contribution is 2.16. The first-order valence-corrected chi connectivity index (χ1v) is 9.39. The SMILES string of the molecule is CC(C)n1nccc1NC(=O)COC(=O)c1ccccc1S(C)(=O)=O. The van der Waals surface area contributed by atoms with Gasteiger partial charge in [-0.3, -0.25) is 4.79 Å². The van der Waals surface area contributed by atoms with E-state index >= 15 is 0 Å². The Morgan fingerprint density at radius 1 is 1.24 bits per heavy atom. The molecule has 0 aliphatic carbocycles. The quantitative estimate of drug-likeness (QED) is 0.780. The minimum atomic E-state index is -3.59. The summed E-state index contributed by atoms with van der Waals surface area (Å²) in [5, 5.41) is 6.67. The first-order chi connectivity index (χ1) is 11.7. The van der Waals surface area contributed by atoms with Crippen LogP contribution in [0.4, 0.5) is 5.82 Å². The predicted molar refractivity (Wildman–Crippen MR) is 91.1 cm³/mol. The van der Waals surface area contributed by atoms with E-state index in [0.29, 0.717) is 5.82 Å². The van der Waals surface area contributed by atoms with E-state index in [1.165, 1.54) is 24.3 Å². The molecule has 134 valence electrons. The van der Waals surface area contributed by atoms with Crippen LogP contribution in [0.3, 0.4) is 0 Å². The number of anilines is 1. The number of carbonyl (C=O) groups is 2. The van der Waals surface area contributed by atoms with E-state index in [0.717, 1.165) is 6.26 Å². The zero-order valence-electron chi connectivity index (χ0n) is 14.1. The van der Waals surface area contributed by atoms with Crippen molar-refractivity contribution in [2.24, 2.45) is 0 Å². The Morgan fingerprint density at radius 2 is 1.92 bits per heavy atom. The first-order valence-electron chi connectivity index (χ1n) is 7.49. The first kappa shape index (κ1) is 18.7. The van der Waals surface area contributed by atoms with Crippen molar-refractivity contribution >= 4 is 27.5 Å². The van der Waals surface area contributed by atoms with Gasteiger partial charge in [0.25, 0.3) is 5.91 Å². The van der Waals surface area contributed by atoms with Gasteiger partial charge in [0.15, 0.2) is 16.4 Å². The number of aromatic nitrogens is 2. The number of hydrogen-bond donors (Lipinski definition) is 1. The second-order valence-corrected chi connectivity index (χ2v) is 7.63. The van der Waals surface area contributed by atoms with Gasteiger partial charge in [-0.25, -0.2) is 17.9 Å². The number of ether oxygens (including phenoxy) is 1. The van der Waals surface area contributed by atoms with Crippen molar-refractivity contribution in [1.82, 2.24) is 9.78 Å². The van der Waals surface area contributed by atoms with Gasteiger partial charge in [-0.05, 0) is 26.0 Å². The number of nitrogens with zero attached hydrogens (tertiary/aromatic N) is 2. The van der Waals surface area contributed by atoms with E-state index in [1.54, 1.807) is 16.9 Å². The van der Waals surface area contributed by atoms with Crippen molar-refractivity contribution in [2.75, 3.05) is 18.2 Å². The van der Waals surface area contributed by atoms with Crippen LogP contribution < -0.4 is 5.32 Å². The molecule has 0 spiro atoms. The molecule has 1 N–H and O–H groups in total. The Kier molecular flexibility index (Phi) is 5.58. The maximum absolute atomic E-state index is 12.1. The van der Waals surface area contributed by atoms with Crippen LogP contribution in [-0.4, -0.2) is 42.9 Å². The molecule has 1 aromatic heterocycles. The highest BCUT2D eigenvalue weighted by Gasteiger charge is 2.20. The summed E-state index contributed by atoms with van der Waals surface area (Å²) in [7, 11) is -3.59. The summed E-state index contributed by atoms with van der Waals surface area (Å²) in [5.41, 5.74) is -0.106. The second kappa shape index (κ2) is 7.47. The summed E-state index contributed by atoms with van der Waals surface area (Å²) in [5.74, 6) is -0.950. The molecule has 1 amide bonds. The predicted octanol–water partition coefficient (Wildman–Crippen LogP) is 1.66. The summed E-state index contributed by atoms with van der Waals surface area (Å²) in [6.07, 6.45) is 2.54. The Balaban J connectivity index is 2.03. The summed E-state index contributed by atoms with van der Waals surface area (Å²) in [4.78, 5) is 23.9. The normalized spacial score (nSPS) is 11.4. The average molecular weight is 365 g/mol. The van der Waals surface area contributed by atoms with Gasteiger partial charge in [0.2, 0.25) is 0 Å². The van der Waals surface area contributed by atoms with E-state index < -0.39 is 28.3 Å². The minimum Gasteiger partial charge on any atom is -0.452 e. The van der Waals surface area contributed by atoms with E-state index in [2.05, 4.69) is 10.4 Å².